The van der Waals surface area contributed by atoms with Gasteiger partial charge in [0.2, 0.25) is 0 Å². The standard InChI is InChI=1S/C16H25NO3/c1-16(12-18)7-4-8-17(11-16)10-13-5-6-14(19-2)9-15(13)20-3/h5-6,9,18H,4,7-8,10-12H2,1-3H3. The van der Waals surface area contributed by atoms with E-state index >= 15 is 0 Å². The Morgan fingerprint density at radius 1 is 1.30 bits per heavy atom. The number of aliphatic hydroxyl groups excluding tert-OH is 1. The van der Waals surface area contributed by atoms with Crippen LogP contribution in [0.5, 0.6) is 11.5 Å². The van der Waals surface area contributed by atoms with Crippen molar-refractivity contribution in [2.24, 2.45) is 5.41 Å². The molecule has 0 aromatic heterocycles. The quantitative estimate of drug-likeness (QED) is 0.898. The third-order valence-corrected chi connectivity index (χ3v) is 4.13. The molecule has 1 fully saturated rings. The topological polar surface area (TPSA) is 41.9 Å². The van der Waals surface area contributed by atoms with E-state index in [1.54, 1.807) is 14.2 Å². The summed E-state index contributed by atoms with van der Waals surface area (Å²) < 4.78 is 10.7. The van der Waals surface area contributed by atoms with Gasteiger partial charge in [0.1, 0.15) is 11.5 Å². The summed E-state index contributed by atoms with van der Waals surface area (Å²) in [7, 11) is 3.35. The lowest BCUT2D eigenvalue weighted by Crippen LogP contribution is -2.43. The minimum absolute atomic E-state index is 0.0257. The van der Waals surface area contributed by atoms with E-state index in [0.29, 0.717) is 0 Å². The van der Waals surface area contributed by atoms with E-state index in [-0.39, 0.29) is 12.0 Å². The lowest BCUT2D eigenvalue weighted by molar-refractivity contribution is 0.0426. The van der Waals surface area contributed by atoms with Gasteiger partial charge >= 0.3 is 0 Å². The number of piperidine rings is 1. The molecule has 1 aromatic rings. The molecule has 1 aromatic carbocycles. The average molecular weight is 279 g/mol. The van der Waals surface area contributed by atoms with E-state index < -0.39 is 0 Å². The van der Waals surface area contributed by atoms with Crippen LogP contribution in [0.3, 0.4) is 0 Å². The highest BCUT2D eigenvalue weighted by Gasteiger charge is 2.30. The minimum atomic E-state index is 0.0257. The van der Waals surface area contributed by atoms with E-state index in [1.807, 2.05) is 12.1 Å². The molecule has 1 aliphatic heterocycles. The number of methoxy groups -OCH3 is 2. The summed E-state index contributed by atoms with van der Waals surface area (Å²) in [6.45, 7) is 5.26. The maximum absolute atomic E-state index is 9.54. The normalized spacial score (nSPS) is 23.6. The largest absolute Gasteiger partial charge is 0.497 e. The fraction of sp³-hybridized carbons (Fsp3) is 0.625. The summed E-state index contributed by atoms with van der Waals surface area (Å²) in [6, 6.07) is 5.94. The smallest absolute Gasteiger partial charge is 0.127 e. The first-order valence-electron chi connectivity index (χ1n) is 7.14. The number of ether oxygens (including phenoxy) is 2. The van der Waals surface area contributed by atoms with Crippen molar-refractivity contribution < 1.29 is 14.6 Å². The Labute approximate surface area is 121 Å². The van der Waals surface area contributed by atoms with Crippen LogP contribution < -0.4 is 9.47 Å². The molecule has 1 unspecified atom stereocenters. The van der Waals surface area contributed by atoms with Crippen LogP contribution in [0.15, 0.2) is 18.2 Å². The molecule has 4 heteroatoms. The van der Waals surface area contributed by atoms with Crippen molar-refractivity contribution >= 4 is 0 Å². The fourth-order valence-corrected chi connectivity index (χ4v) is 2.91. The van der Waals surface area contributed by atoms with Gasteiger partial charge in [0.15, 0.2) is 0 Å². The van der Waals surface area contributed by atoms with Crippen LogP contribution in [-0.4, -0.2) is 43.9 Å². The van der Waals surface area contributed by atoms with Crippen molar-refractivity contribution in [3.8, 4) is 11.5 Å². The summed E-state index contributed by atoms with van der Waals surface area (Å²) >= 11 is 0. The summed E-state index contributed by atoms with van der Waals surface area (Å²) in [4.78, 5) is 2.39. The summed E-state index contributed by atoms with van der Waals surface area (Å²) in [5.41, 5.74) is 1.19. The van der Waals surface area contributed by atoms with E-state index in [2.05, 4.69) is 17.9 Å². The van der Waals surface area contributed by atoms with Crippen LogP contribution in [-0.2, 0) is 6.54 Å². The van der Waals surface area contributed by atoms with Crippen molar-refractivity contribution in [1.29, 1.82) is 0 Å². The van der Waals surface area contributed by atoms with Gasteiger partial charge in [-0.15, -0.1) is 0 Å². The van der Waals surface area contributed by atoms with Gasteiger partial charge in [-0.05, 0) is 25.5 Å². The Morgan fingerprint density at radius 3 is 2.75 bits per heavy atom. The number of hydrogen-bond acceptors (Lipinski definition) is 4. The lowest BCUT2D eigenvalue weighted by atomic mass is 9.82. The summed E-state index contributed by atoms with van der Waals surface area (Å²) in [5.74, 6) is 1.67. The summed E-state index contributed by atoms with van der Waals surface area (Å²) in [6.07, 6.45) is 2.23. The predicted molar refractivity (Wildman–Crippen MR) is 79.2 cm³/mol. The van der Waals surface area contributed by atoms with E-state index in [9.17, 15) is 5.11 Å². The van der Waals surface area contributed by atoms with E-state index in [4.69, 9.17) is 9.47 Å². The zero-order chi connectivity index (χ0) is 14.6. The van der Waals surface area contributed by atoms with Crippen LogP contribution in [0.4, 0.5) is 0 Å². The van der Waals surface area contributed by atoms with Crippen LogP contribution in [0.1, 0.15) is 25.3 Å². The van der Waals surface area contributed by atoms with Crippen molar-refractivity contribution in [2.45, 2.75) is 26.3 Å². The monoisotopic (exact) mass is 279 g/mol. The molecule has 0 aliphatic carbocycles. The first-order valence-corrected chi connectivity index (χ1v) is 7.14. The van der Waals surface area contributed by atoms with Gasteiger partial charge in [0.05, 0.1) is 14.2 Å². The number of likely N-dealkylation sites (tertiary alicyclic amines) is 1. The Hall–Kier alpha value is -1.26. The zero-order valence-electron chi connectivity index (χ0n) is 12.7. The van der Waals surface area contributed by atoms with Gasteiger partial charge in [-0.25, -0.2) is 0 Å². The van der Waals surface area contributed by atoms with E-state index in [1.165, 1.54) is 0 Å². The molecule has 0 spiro atoms. The van der Waals surface area contributed by atoms with Gasteiger partial charge < -0.3 is 14.6 Å². The molecule has 2 rings (SSSR count). The molecule has 4 nitrogen and oxygen atoms in total. The maximum atomic E-state index is 9.54. The zero-order valence-corrected chi connectivity index (χ0v) is 12.7. The molecule has 0 bridgehead atoms. The number of rotatable bonds is 5. The van der Waals surface area contributed by atoms with Crippen LogP contribution in [0, 0.1) is 5.41 Å². The molecule has 0 radical (unpaired) electrons. The number of nitrogens with zero attached hydrogens (tertiary/aromatic N) is 1. The molecule has 1 saturated heterocycles. The van der Waals surface area contributed by atoms with Crippen LogP contribution in [0.25, 0.3) is 0 Å². The molecule has 20 heavy (non-hydrogen) atoms. The van der Waals surface area contributed by atoms with Crippen molar-refractivity contribution in [1.82, 2.24) is 4.90 Å². The second-order valence-electron chi connectivity index (χ2n) is 5.96. The predicted octanol–water partition coefficient (Wildman–Crippen LogP) is 2.30. The molecule has 112 valence electrons. The number of hydrogen-bond donors (Lipinski definition) is 1. The minimum Gasteiger partial charge on any atom is -0.497 e. The second-order valence-corrected chi connectivity index (χ2v) is 5.96. The first kappa shape index (κ1) is 15.1. The lowest BCUT2D eigenvalue weighted by Gasteiger charge is -2.39. The van der Waals surface area contributed by atoms with Crippen LogP contribution >= 0.6 is 0 Å². The van der Waals surface area contributed by atoms with Crippen molar-refractivity contribution in [3.05, 3.63) is 23.8 Å². The maximum Gasteiger partial charge on any atom is 0.127 e. The molecule has 1 atom stereocenters. The molecule has 0 saturated carbocycles. The molecule has 1 aliphatic rings. The number of aliphatic hydroxyl groups is 1. The third-order valence-electron chi connectivity index (χ3n) is 4.13. The SMILES string of the molecule is COc1ccc(CN2CCCC(C)(CO)C2)c(OC)c1. The highest BCUT2D eigenvalue weighted by Crippen LogP contribution is 2.31. The molecule has 1 N–H and O–H groups in total. The Morgan fingerprint density at radius 2 is 2.10 bits per heavy atom. The molecule has 1 heterocycles. The van der Waals surface area contributed by atoms with Crippen LogP contribution in [0.2, 0.25) is 0 Å². The molecular formula is C16H25NO3. The van der Waals surface area contributed by atoms with Crippen molar-refractivity contribution in [3.63, 3.8) is 0 Å². The first-order chi connectivity index (χ1) is 9.60. The fourth-order valence-electron chi connectivity index (χ4n) is 2.91. The Kier molecular flexibility index (Phi) is 4.89. The second kappa shape index (κ2) is 6.46. The number of benzene rings is 1. The van der Waals surface area contributed by atoms with E-state index in [0.717, 1.165) is 49.5 Å². The third kappa shape index (κ3) is 3.44. The Bertz CT molecular complexity index is 449. The highest BCUT2D eigenvalue weighted by molar-refractivity contribution is 5.40. The molecular weight excluding hydrogens is 254 g/mol. The summed E-state index contributed by atoms with van der Waals surface area (Å²) in [5, 5.41) is 9.54. The van der Waals surface area contributed by atoms with Gasteiger partial charge in [0, 0.05) is 36.7 Å². The van der Waals surface area contributed by atoms with Crippen molar-refractivity contribution in [2.75, 3.05) is 33.9 Å². The average Bonchev–Trinajstić information content (AvgIpc) is 2.48. The Balaban J connectivity index is 2.09. The van der Waals surface area contributed by atoms with Gasteiger partial charge in [-0.3, -0.25) is 4.90 Å². The van der Waals surface area contributed by atoms with Gasteiger partial charge in [-0.2, -0.15) is 0 Å². The highest BCUT2D eigenvalue weighted by atomic mass is 16.5. The van der Waals surface area contributed by atoms with Gasteiger partial charge in [0.25, 0.3) is 0 Å². The molecule has 0 amide bonds. The van der Waals surface area contributed by atoms with Gasteiger partial charge in [-0.1, -0.05) is 13.0 Å².